The number of piperidine rings is 1. The molecule has 1 rings (SSSR count). The Kier molecular flexibility index (Phi) is 4.95. The van der Waals surface area contributed by atoms with E-state index in [0.29, 0.717) is 6.54 Å². The van der Waals surface area contributed by atoms with Crippen LogP contribution < -0.4 is 5.73 Å². The molecule has 0 aromatic rings. The van der Waals surface area contributed by atoms with Gasteiger partial charge in [0.25, 0.3) is 0 Å². The third-order valence-corrected chi connectivity index (χ3v) is 3.92. The van der Waals surface area contributed by atoms with Crippen molar-refractivity contribution in [3.8, 4) is 0 Å². The third-order valence-electron chi connectivity index (χ3n) is 3.92. The molecule has 4 nitrogen and oxygen atoms in total. The molecule has 17 heavy (non-hydrogen) atoms. The predicted molar refractivity (Wildman–Crippen MR) is 70.7 cm³/mol. The molecule has 0 saturated carbocycles. The van der Waals surface area contributed by atoms with Crippen LogP contribution in [0, 0.1) is 5.41 Å². The number of amides is 1. The summed E-state index contributed by atoms with van der Waals surface area (Å²) in [7, 11) is 0. The van der Waals surface area contributed by atoms with Gasteiger partial charge in [0, 0.05) is 19.1 Å². The highest BCUT2D eigenvalue weighted by Crippen LogP contribution is 2.27. The summed E-state index contributed by atoms with van der Waals surface area (Å²) < 4.78 is 0. The zero-order valence-electron chi connectivity index (χ0n) is 11.7. The lowest BCUT2D eigenvalue weighted by Crippen LogP contribution is -2.55. The SMILES string of the molecule is CCN(CC)CC(=O)N1CCC(N)C(C)(C)C1. The summed E-state index contributed by atoms with van der Waals surface area (Å²) in [4.78, 5) is 16.3. The van der Waals surface area contributed by atoms with Crippen LogP contribution in [0.4, 0.5) is 0 Å². The van der Waals surface area contributed by atoms with Crippen LogP contribution >= 0.6 is 0 Å². The summed E-state index contributed by atoms with van der Waals surface area (Å²) in [5.74, 6) is 0.244. The molecule has 100 valence electrons. The van der Waals surface area contributed by atoms with Crippen molar-refractivity contribution < 1.29 is 4.79 Å². The monoisotopic (exact) mass is 241 g/mol. The fourth-order valence-electron chi connectivity index (χ4n) is 2.33. The Morgan fingerprint density at radius 3 is 2.47 bits per heavy atom. The number of nitrogens with two attached hydrogens (primary N) is 1. The minimum atomic E-state index is 0.0389. The average Bonchev–Trinajstić information content (AvgIpc) is 2.29. The predicted octanol–water partition coefficient (Wildman–Crippen LogP) is 0.914. The molecule has 0 radical (unpaired) electrons. The molecule has 0 aliphatic carbocycles. The van der Waals surface area contributed by atoms with Gasteiger partial charge in [0.15, 0.2) is 0 Å². The highest BCUT2D eigenvalue weighted by molar-refractivity contribution is 5.78. The van der Waals surface area contributed by atoms with Crippen LogP contribution in [-0.2, 0) is 4.79 Å². The molecule has 0 bridgehead atoms. The molecule has 4 heteroatoms. The lowest BCUT2D eigenvalue weighted by Gasteiger charge is -2.43. The minimum Gasteiger partial charge on any atom is -0.341 e. The van der Waals surface area contributed by atoms with Crippen molar-refractivity contribution in [1.29, 1.82) is 0 Å². The normalized spacial score (nSPS) is 24.1. The van der Waals surface area contributed by atoms with E-state index in [2.05, 4.69) is 32.6 Å². The first-order valence-corrected chi connectivity index (χ1v) is 6.66. The van der Waals surface area contributed by atoms with Gasteiger partial charge in [-0.25, -0.2) is 0 Å². The molecule has 0 aromatic heterocycles. The minimum absolute atomic E-state index is 0.0389. The highest BCUT2D eigenvalue weighted by atomic mass is 16.2. The Morgan fingerprint density at radius 2 is 2.00 bits per heavy atom. The zero-order valence-corrected chi connectivity index (χ0v) is 11.7. The van der Waals surface area contributed by atoms with Crippen molar-refractivity contribution in [2.45, 2.75) is 40.2 Å². The van der Waals surface area contributed by atoms with Crippen LogP contribution in [0.5, 0.6) is 0 Å². The van der Waals surface area contributed by atoms with Crippen LogP contribution in [0.2, 0.25) is 0 Å². The van der Waals surface area contributed by atoms with Gasteiger partial charge in [0.1, 0.15) is 0 Å². The van der Waals surface area contributed by atoms with Gasteiger partial charge in [0.2, 0.25) is 5.91 Å². The van der Waals surface area contributed by atoms with Crippen LogP contribution in [-0.4, -0.2) is 54.5 Å². The van der Waals surface area contributed by atoms with Gasteiger partial charge in [-0.15, -0.1) is 0 Å². The summed E-state index contributed by atoms with van der Waals surface area (Å²) >= 11 is 0. The third kappa shape index (κ3) is 3.68. The second-order valence-electron chi connectivity index (χ2n) is 5.66. The number of rotatable bonds is 4. The van der Waals surface area contributed by atoms with E-state index in [-0.39, 0.29) is 17.4 Å². The number of hydrogen-bond donors (Lipinski definition) is 1. The van der Waals surface area contributed by atoms with Crippen molar-refractivity contribution in [2.75, 3.05) is 32.7 Å². The second kappa shape index (κ2) is 5.83. The number of nitrogens with zero attached hydrogens (tertiary/aromatic N) is 2. The van der Waals surface area contributed by atoms with Gasteiger partial charge in [-0.3, -0.25) is 9.69 Å². The van der Waals surface area contributed by atoms with Gasteiger partial charge < -0.3 is 10.6 Å². The first-order chi connectivity index (χ1) is 7.90. The smallest absolute Gasteiger partial charge is 0.236 e. The molecule has 1 aliphatic heterocycles. The van der Waals surface area contributed by atoms with Crippen LogP contribution in [0.25, 0.3) is 0 Å². The zero-order chi connectivity index (χ0) is 13.1. The Hall–Kier alpha value is -0.610. The first-order valence-electron chi connectivity index (χ1n) is 6.66. The quantitative estimate of drug-likeness (QED) is 0.796. The Morgan fingerprint density at radius 1 is 1.41 bits per heavy atom. The van der Waals surface area contributed by atoms with E-state index < -0.39 is 0 Å². The van der Waals surface area contributed by atoms with E-state index in [1.165, 1.54) is 0 Å². The Labute approximate surface area is 105 Å². The van der Waals surface area contributed by atoms with Gasteiger partial charge in [-0.2, -0.15) is 0 Å². The molecule has 1 atom stereocenters. The molecule has 0 aromatic carbocycles. The number of likely N-dealkylation sites (tertiary alicyclic amines) is 1. The Bertz CT molecular complexity index is 261. The summed E-state index contributed by atoms with van der Waals surface area (Å²) in [6.45, 7) is 12.5. The van der Waals surface area contributed by atoms with E-state index in [1.54, 1.807) is 0 Å². The maximum atomic E-state index is 12.2. The largest absolute Gasteiger partial charge is 0.341 e. The van der Waals surface area contributed by atoms with E-state index in [0.717, 1.165) is 32.6 Å². The van der Waals surface area contributed by atoms with Crippen LogP contribution in [0.3, 0.4) is 0 Å². The number of carbonyl (C=O) groups excluding carboxylic acids is 1. The maximum Gasteiger partial charge on any atom is 0.236 e. The van der Waals surface area contributed by atoms with Crippen LogP contribution in [0.1, 0.15) is 34.1 Å². The van der Waals surface area contributed by atoms with Gasteiger partial charge in [-0.1, -0.05) is 27.7 Å². The van der Waals surface area contributed by atoms with Gasteiger partial charge >= 0.3 is 0 Å². The fraction of sp³-hybridized carbons (Fsp3) is 0.923. The molecule has 1 aliphatic rings. The summed E-state index contributed by atoms with van der Waals surface area (Å²) in [6, 6.07) is 0.208. The maximum absolute atomic E-state index is 12.2. The van der Waals surface area contributed by atoms with Crippen molar-refractivity contribution >= 4 is 5.91 Å². The van der Waals surface area contributed by atoms with Gasteiger partial charge in [0.05, 0.1) is 6.54 Å². The molecule has 1 amide bonds. The van der Waals surface area contributed by atoms with Crippen molar-refractivity contribution in [1.82, 2.24) is 9.80 Å². The molecule has 1 fully saturated rings. The van der Waals surface area contributed by atoms with E-state index in [1.807, 2.05) is 4.90 Å². The molecule has 0 spiro atoms. The fourth-order valence-corrected chi connectivity index (χ4v) is 2.33. The second-order valence-corrected chi connectivity index (χ2v) is 5.66. The topological polar surface area (TPSA) is 49.6 Å². The summed E-state index contributed by atoms with van der Waals surface area (Å²) in [5, 5.41) is 0. The van der Waals surface area contributed by atoms with E-state index in [9.17, 15) is 4.79 Å². The number of carbonyl (C=O) groups is 1. The van der Waals surface area contributed by atoms with Crippen LogP contribution in [0.15, 0.2) is 0 Å². The van der Waals surface area contributed by atoms with Crippen molar-refractivity contribution in [2.24, 2.45) is 11.1 Å². The molecule has 1 heterocycles. The lowest BCUT2D eigenvalue weighted by molar-refractivity contribution is -0.135. The molecule has 2 N–H and O–H groups in total. The first kappa shape index (κ1) is 14.5. The summed E-state index contributed by atoms with van der Waals surface area (Å²) in [5.41, 5.74) is 6.12. The van der Waals surface area contributed by atoms with Crippen molar-refractivity contribution in [3.05, 3.63) is 0 Å². The Balaban J connectivity index is 2.53. The summed E-state index contributed by atoms with van der Waals surface area (Å²) in [6.07, 6.45) is 0.914. The van der Waals surface area contributed by atoms with Gasteiger partial charge in [-0.05, 0) is 24.9 Å². The number of likely N-dealkylation sites (N-methyl/N-ethyl adjacent to an activating group) is 1. The molecule has 1 saturated heterocycles. The van der Waals surface area contributed by atoms with E-state index in [4.69, 9.17) is 5.73 Å². The number of hydrogen-bond acceptors (Lipinski definition) is 3. The molecular weight excluding hydrogens is 214 g/mol. The van der Waals surface area contributed by atoms with E-state index >= 15 is 0 Å². The lowest BCUT2D eigenvalue weighted by atomic mass is 9.79. The van der Waals surface area contributed by atoms with Crippen molar-refractivity contribution in [3.63, 3.8) is 0 Å². The average molecular weight is 241 g/mol. The highest BCUT2D eigenvalue weighted by Gasteiger charge is 2.35. The molecular formula is C13H27N3O. The molecule has 1 unspecified atom stereocenters. The standard InChI is InChI=1S/C13H27N3O/c1-5-15(6-2)9-12(17)16-8-7-11(14)13(3,4)10-16/h11H,5-10,14H2,1-4H3.